The van der Waals surface area contributed by atoms with E-state index in [0.29, 0.717) is 30.2 Å². The third-order valence-electron chi connectivity index (χ3n) is 5.40. The second kappa shape index (κ2) is 6.29. The summed E-state index contributed by atoms with van der Waals surface area (Å²) in [4.78, 5) is 14.6. The van der Waals surface area contributed by atoms with Crippen LogP contribution < -0.4 is 5.32 Å². The van der Waals surface area contributed by atoms with E-state index in [-0.39, 0.29) is 5.91 Å². The van der Waals surface area contributed by atoms with Crippen LogP contribution in [0.4, 0.5) is 0 Å². The summed E-state index contributed by atoms with van der Waals surface area (Å²) in [5, 5.41) is 3.11. The molecule has 1 N–H and O–H groups in total. The van der Waals surface area contributed by atoms with Crippen molar-refractivity contribution in [2.45, 2.75) is 38.8 Å². The molecule has 0 bridgehead atoms. The van der Waals surface area contributed by atoms with Gasteiger partial charge in [0, 0.05) is 25.6 Å². The van der Waals surface area contributed by atoms with Gasteiger partial charge in [-0.25, -0.2) is 0 Å². The van der Waals surface area contributed by atoms with Crippen LogP contribution in [0, 0.1) is 24.7 Å². The first-order valence-corrected chi connectivity index (χ1v) is 8.82. The molecule has 2 saturated heterocycles. The largest absolute Gasteiger partial charge is 0.465 e. The first kappa shape index (κ1) is 15.2. The Labute approximate surface area is 137 Å². The van der Waals surface area contributed by atoms with Gasteiger partial charge in [0.25, 0.3) is 0 Å². The van der Waals surface area contributed by atoms with E-state index in [9.17, 15) is 4.79 Å². The molecule has 1 aromatic heterocycles. The summed E-state index contributed by atoms with van der Waals surface area (Å²) in [6.07, 6.45) is 2.91. The number of fused-ring (bicyclic) bond motifs is 1. The van der Waals surface area contributed by atoms with Crippen LogP contribution in [0.5, 0.6) is 0 Å². The molecule has 0 unspecified atom stereocenters. The summed E-state index contributed by atoms with van der Waals surface area (Å²) < 4.78 is 11.5. The lowest BCUT2D eigenvalue weighted by molar-refractivity contribution is -0.124. The van der Waals surface area contributed by atoms with Gasteiger partial charge in [-0.2, -0.15) is 0 Å². The van der Waals surface area contributed by atoms with Crippen LogP contribution in [-0.4, -0.2) is 43.2 Å². The Balaban J connectivity index is 1.34. The Morgan fingerprint density at radius 3 is 2.91 bits per heavy atom. The Bertz CT molecular complexity index is 566. The maximum absolute atomic E-state index is 12.1. The van der Waals surface area contributed by atoms with Crippen molar-refractivity contribution in [1.82, 2.24) is 10.2 Å². The van der Waals surface area contributed by atoms with Crippen LogP contribution in [0.3, 0.4) is 0 Å². The molecule has 4 rings (SSSR count). The molecule has 0 radical (unpaired) electrons. The van der Waals surface area contributed by atoms with E-state index in [0.717, 1.165) is 57.2 Å². The number of hydrogen-bond acceptors (Lipinski definition) is 4. The van der Waals surface area contributed by atoms with Crippen LogP contribution in [-0.2, 0) is 16.1 Å². The first-order chi connectivity index (χ1) is 11.2. The third-order valence-corrected chi connectivity index (χ3v) is 5.40. The smallest absolute Gasteiger partial charge is 0.220 e. The predicted molar refractivity (Wildman–Crippen MR) is 85.8 cm³/mol. The molecule has 3 aliphatic rings. The number of carbonyl (C=O) groups excluding carboxylic acids is 1. The normalized spacial score (nSPS) is 31.1. The molecule has 0 aromatic carbocycles. The van der Waals surface area contributed by atoms with Crippen molar-refractivity contribution in [3.63, 3.8) is 0 Å². The van der Waals surface area contributed by atoms with Crippen LogP contribution in [0.2, 0.25) is 0 Å². The highest BCUT2D eigenvalue weighted by Crippen LogP contribution is 2.36. The average Bonchev–Trinajstić information content (AvgIpc) is 3.06. The van der Waals surface area contributed by atoms with E-state index in [1.807, 2.05) is 13.0 Å². The average molecular weight is 318 g/mol. The zero-order valence-electron chi connectivity index (χ0n) is 13.8. The number of aryl methyl sites for hydroxylation is 1. The molecule has 1 aromatic rings. The van der Waals surface area contributed by atoms with E-state index >= 15 is 0 Å². The van der Waals surface area contributed by atoms with Crippen molar-refractivity contribution in [2.24, 2.45) is 17.8 Å². The lowest BCUT2D eigenvalue weighted by Crippen LogP contribution is -2.38. The SMILES string of the molecule is Cc1ccc(CN2C[C@@H]3COC[C@@H](CC(=O)NC4CC4)[C@@H]3C2)o1. The van der Waals surface area contributed by atoms with Gasteiger partial charge in [-0.1, -0.05) is 0 Å². The predicted octanol–water partition coefficient (Wildman–Crippen LogP) is 1.95. The highest BCUT2D eigenvalue weighted by molar-refractivity contribution is 5.76. The van der Waals surface area contributed by atoms with Crippen LogP contribution in [0.1, 0.15) is 30.8 Å². The third kappa shape index (κ3) is 3.61. The molecular formula is C18H26N2O3. The number of carbonyl (C=O) groups is 1. The molecule has 126 valence electrons. The van der Waals surface area contributed by atoms with Crippen molar-refractivity contribution >= 4 is 5.91 Å². The molecule has 1 amide bonds. The van der Waals surface area contributed by atoms with Crippen molar-refractivity contribution in [3.05, 3.63) is 23.7 Å². The number of hydrogen-bond donors (Lipinski definition) is 1. The summed E-state index contributed by atoms with van der Waals surface area (Å²) in [5.41, 5.74) is 0. The molecule has 1 aliphatic carbocycles. The monoisotopic (exact) mass is 318 g/mol. The Morgan fingerprint density at radius 2 is 2.17 bits per heavy atom. The highest BCUT2D eigenvalue weighted by atomic mass is 16.5. The number of furan rings is 1. The standard InChI is InChI=1S/C18H26N2O3/c1-12-2-5-16(23-12)8-20-7-14-11-22-10-13(17(14)9-20)6-18(21)19-15-3-4-15/h2,5,13-15,17H,3-4,6-11H2,1H3,(H,19,21)/t13-,14-,17+/m1/s1. The molecule has 3 atom stereocenters. The van der Waals surface area contributed by atoms with Gasteiger partial charge in [-0.15, -0.1) is 0 Å². The van der Waals surface area contributed by atoms with Crippen LogP contribution in [0.15, 0.2) is 16.5 Å². The maximum atomic E-state index is 12.1. The van der Waals surface area contributed by atoms with Crippen molar-refractivity contribution in [1.29, 1.82) is 0 Å². The maximum Gasteiger partial charge on any atom is 0.220 e. The fraction of sp³-hybridized carbons (Fsp3) is 0.722. The van der Waals surface area contributed by atoms with Gasteiger partial charge in [0.05, 0.1) is 19.8 Å². The van der Waals surface area contributed by atoms with E-state index in [1.165, 1.54) is 0 Å². The number of ether oxygens (including phenoxy) is 1. The zero-order valence-corrected chi connectivity index (χ0v) is 13.8. The number of rotatable bonds is 5. The first-order valence-electron chi connectivity index (χ1n) is 8.82. The molecule has 0 spiro atoms. The Hall–Kier alpha value is -1.33. The molecule has 3 heterocycles. The fourth-order valence-corrected chi connectivity index (χ4v) is 4.08. The molecule has 23 heavy (non-hydrogen) atoms. The Morgan fingerprint density at radius 1 is 1.30 bits per heavy atom. The van der Waals surface area contributed by atoms with Gasteiger partial charge in [0.15, 0.2) is 0 Å². The number of likely N-dealkylation sites (tertiary alicyclic amines) is 1. The van der Waals surface area contributed by atoms with Gasteiger partial charge < -0.3 is 14.5 Å². The fourth-order valence-electron chi connectivity index (χ4n) is 4.08. The van der Waals surface area contributed by atoms with Crippen molar-refractivity contribution < 1.29 is 13.9 Å². The second-order valence-corrected chi connectivity index (χ2v) is 7.47. The van der Waals surface area contributed by atoms with E-state index < -0.39 is 0 Å². The summed E-state index contributed by atoms with van der Waals surface area (Å²) in [6, 6.07) is 4.53. The van der Waals surface area contributed by atoms with Gasteiger partial charge in [-0.3, -0.25) is 9.69 Å². The van der Waals surface area contributed by atoms with E-state index in [1.54, 1.807) is 0 Å². The van der Waals surface area contributed by atoms with Crippen LogP contribution >= 0.6 is 0 Å². The number of nitrogens with zero attached hydrogens (tertiary/aromatic N) is 1. The zero-order chi connectivity index (χ0) is 15.8. The molecule has 5 nitrogen and oxygen atoms in total. The van der Waals surface area contributed by atoms with E-state index in [2.05, 4.69) is 16.3 Å². The summed E-state index contributed by atoms with van der Waals surface area (Å²) in [6.45, 7) is 6.50. The lowest BCUT2D eigenvalue weighted by atomic mass is 9.81. The topological polar surface area (TPSA) is 54.7 Å². The van der Waals surface area contributed by atoms with Gasteiger partial charge in [-0.05, 0) is 49.7 Å². The number of amides is 1. The molecule has 5 heteroatoms. The minimum Gasteiger partial charge on any atom is -0.465 e. The van der Waals surface area contributed by atoms with Gasteiger partial charge >= 0.3 is 0 Å². The quantitative estimate of drug-likeness (QED) is 0.901. The van der Waals surface area contributed by atoms with Gasteiger partial charge in [0.1, 0.15) is 11.5 Å². The van der Waals surface area contributed by atoms with E-state index in [4.69, 9.17) is 9.15 Å². The van der Waals surface area contributed by atoms with Crippen molar-refractivity contribution in [3.8, 4) is 0 Å². The molecule has 3 fully saturated rings. The number of nitrogens with one attached hydrogen (secondary N) is 1. The molecular weight excluding hydrogens is 292 g/mol. The van der Waals surface area contributed by atoms with Crippen molar-refractivity contribution in [2.75, 3.05) is 26.3 Å². The van der Waals surface area contributed by atoms with Crippen LogP contribution in [0.25, 0.3) is 0 Å². The molecule has 1 saturated carbocycles. The summed E-state index contributed by atoms with van der Waals surface area (Å²) in [7, 11) is 0. The molecule has 2 aliphatic heterocycles. The Kier molecular flexibility index (Phi) is 4.16. The summed E-state index contributed by atoms with van der Waals surface area (Å²) >= 11 is 0. The minimum atomic E-state index is 0.210. The minimum absolute atomic E-state index is 0.210. The highest BCUT2D eigenvalue weighted by Gasteiger charge is 2.42. The summed E-state index contributed by atoms with van der Waals surface area (Å²) in [5.74, 6) is 3.70. The lowest BCUT2D eigenvalue weighted by Gasteiger charge is -2.32. The second-order valence-electron chi connectivity index (χ2n) is 7.47. The van der Waals surface area contributed by atoms with Gasteiger partial charge in [0.2, 0.25) is 5.91 Å².